The number of rotatable bonds is 3. The van der Waals surface area contributed by atoms with Crippen LogP contribution in [-0.4, -0.2) is 5.78 Å². The minimum absolute atomic E-state index is 0.350. The van der Waals surface area contributed by atoms with Crippen molar-refractivity contribution in [3.05, 3.63) is 12.7 Å². The lowest BCUT2D eigenvalue weighted by Crippen LogP contribution is -2.04. The molecule has 0 radical (unpaired) electrons. The van der Waals surface area contributed by atoms with E-state index in [2.05, 4.69) is 13.5 Å². The van der Waals surface area contributed by atoms with Gasteiger partial charge in [0.1, 0.15) is 5.78 Å². The Kier molecular flexibility index (Phi) is 2.86. The van der Waals surface area contributed by atoms with Gasteiger partial charge in [-0.15, -0.1) is 6.58 Å². The van der Waals surface area contributed by atoms with Gasteiger partial charge in [0, 0.05) is 12.3 Å². The van der Waals surface area contributed by atoms with E-state index in [4.69, 9.17) is 0 Å². The summed E-state index contributed by atoms with van der Waals surface area (Å²) in [7, 11) is 0. The number of carbonyl (C=O) groups excluding carboxylic acids is 1. The summed E-state index contributed by atoms with van der Waals surface area (Å²) in [5.41, 5.74) is 0. The molecule has 1 aliphatic rings. The normalized spacial score (nSPS) is 30.8. The number of ketones is 1. The van der Waals surface area contributed by atoms with Crippen molar-refractivity contribution < 1.29 is 4.79 Å². The molecule has 0 unspecified atom stereocenters. The SMILES string of the molecule is C=C[C@H]1CC(=O)[C@@H](CCC)C1. The average Bonchev–Trinajstić information content (AvgIpc) is 2.33. The van der Waals surface area contributed by atoms with E-state index < -0.39 is 0 Å². The van der Waals surface area contributed by atoms with Crippen molar-refractivity contribution in [3.8, 4) is 0 Å². The second-order valence-corrected chi connectivity index (χ2v) is 3.39. The molecule has 0 saturated heterocycles. The molecule has 1 saturated carbocycles. The minimum Gasteiger partial charge on any atom is -0.299 e. The standard InChI is InChI=1S/C10H16O/c1-3-5-9-6-8(4-2)7-10(9)11/h4,8-9H,2-3,5-7H2,1H3/t8-,9+/m1/s1. The molecular weight excluding hydrogens is 136 g/mol. The van der Waals surface area contributed by atoms with Crippen molar-refractivity contribution in [2.75, 3.05) is 0 Å². The Labute approximate surface area is 68.5 Å². The van der Waals surface area contributed by atoms with E-state index in [1.54, 1.807) is 0 Å². The lowest BCUT2D eigenvalue weighted by Gasteiger charge is -2.04. The molecule has 1 nitrogen and oxygen atoms in total. The Morgan fingerprint density at radius 2 is 2.45 bits per heavy atom. The quantitative estimate of drug-likeness (QED) is 0.568. The van der Waals surface area contributed by atoms with E-state index in [0.717, 1.165) is 25.7 Å². The Morgan fingerprint density at radius 3 is 2.91 bits per heavy atom. The third-order valence-corrected chi connectivity index (χ3v) is 2.48. The van der Waals surface area contributed by atoms with Crippen LogP contribution in [-0.2, 0) is 4.79 Å². The van der Waals surface area contributed by atoms with E-state index in [-0.39, 0.29) is 0 Å². The zero-order valence-electron chi connectivity index (χ0n) is 7.18. The molecule has 1 rings (SSSR count). The second-order valence-electron chi connectivity index (χ2n) is 3.39. The number of hydrogen-bond acceptors (Lipinski definition) is 1. The molecule has 0 aliphatic heterocycles. The number of Topliss-reactive ketones (excluding diaryl/α,β-unsaturated/α-hetero) is 1. The van der Waals surface area contributed by atoms with Crippen molar-refractivity contribution in [2.24, 2.45) is 11.8 Å². The van der Waals surface area contributed by atoms with Gasteiger partial charge in [0.25, 0.3) is 0 Å². The van der Waals surface area contributed by atoms with Crippen LogP contribution in [0.25, 0.3) is 0 Å². The third kappa shape index (κ3) is 1.92. The maximum absolute atomic E-state index is 11.3. The first-order valence-corrected chi connectivity index (χ1v) is 4.43. The van der Waals surface area contributed by atoms with Gasteiger partial charge in [-0.3, -0.25) is 4.79 Å². The number of carbonyl (C=O) groups is 1. The van der Waals surface area contributed by atoms with E-state index in [1.165, 1.54) is 0 Å². The maximum Gasteiger partial charge on any atom is 0.136 e. The van der Waals surface area contributed by atoms with Gasteiger partial charge in [0.05, 0.1) is 0 Å². The van der Waals surface area contributed by atoms with Crippen molar-refractivity contribution in [1.29, 1.82) is 0 Å². The first-order valence-electron chi connectivity index (χ1n) is 4.43. The van der Waals surface area contributed by atoms with Crippen LogP contribution < -0.4 is 0 Å². The monoisotopic (exact) mass is 152 g/mol. The van der Waals surface area contributed by atoms with Gasteiger partial charge in [-0.2, -0.15) is 0 Å². The van der Waals surface area contributed by atoms with Crippen LogP contribution in [0.1, 0.15) is 32.6 Å². The van der Waals surface area contributed by atoms with Gasteiger partial charge < -0.3 is 0 Å². The molecule has 0 aromatic heterocycles. The van der Waals surface area contributed by atoms with Crippen molar-refractivity contribution in [3.63, 3.8) is 0 Å². The van der Waals surface area contributed by atoms with Crippen molar-refractivity contribution >= 4 is 5.78 Å². The van der Waals surface area contributed by atoms with Gasteiger partial charge in [-0.1, -0.05) is 19.4 Å². The van der Waals surface area contributed by atoms with Gasteiger partial charge in [-0.05, 0) is 18.8 Å². The minimum atomic E-state index is 0.350. The lowest BCUT2D eigenvalue weighted by molar-refractivity contribution is -0.120. The third-order valence-electron chi connectivity index (χ3n) is 2.48. The molecule has 62 valence electrons. The van der Waals surface area contributed by atoms with Crippen LogP contribution in [0, 0.1) is 11.8 Å². The Hall–Kier alpha value is -0.590. The highest BCUT2D eigenvalue weighted by Crippen LogP contribution is 2.31. The summed E-state index contributed by atoms with van der Waals surface area (Å²) in [5, 5.41) is 0. The van der Waals surface area contributed by atoms with Gasteiger partial charge in [0.15, 0.2) is 0 Å². The predicted molar refractivity (Wildman–Crippen MR) is 46.3 cm³/mol. The largest absolute Gasteiger partial charge is 0.299 e. The molecule has 0 bridgehead atoms. The number of allylic oxidation sites excluding steroid dienone is 1. The highest BCUT2D eigenvalue weighted by molar-refractivity contribution is 5.83. The fourth-order valence-electron chi connectivity index (χ4n) is 1.81. The Balaban J connectivity index is 2.44. The molecule has 0 amide bonds. The summed E-state index contributed by atoms with van der Waals surface area (Å²) in [6, 6.07) is 0. The zero-order chi connectivity index (χ0) is 8.27. The zero-order valence-corrected chi connectivity index (χ0v) is 7.18. The molecule has 0 N–H and O–H groups in total. The smallest absolute Gasteiger partial charge is 0.136 e. The fourth-order valence-corrected chi connectivity index (χ4v) is 1.81. The van der Waals surface area contributed by atoms with Crippen LogP contribution in [0.4, 0.5) is 0 Å². The van der Waals surface area contributed by atoms with E-state index in [1.807, 2.05) is 6.08 Å². The summed E-state index contributed by atoms with van der Waals surface area (Å²) in [6.45, 7) is 5.85. The molecule has 1 aliphatic carbocycles. The molecule has 0 heterocycles. The fraction of sp³-hybridized carbons (Fsp3) is 0.700. The van der Waals surface area contributed by atoms with Crippen molar-refractivity contribution in [1.82, 2.24) is 0 Å². The molecule has 1 heteroatoms. The average molecular weight is 152 g/mol. The highest BCUT2D eigenvalue weighted by Gasteiger charge is 2.29. The van der Waals surface area contributed by atoms with E-state index in [9.17, 15) is 4.79 Å². The molecule has 1 fully saturated rings. The molecule has 0 spiro atoms. The Morgan fingerprint density at radius 1 is 1.73 bits per heavy atom. The highest BCUT2D eigenvalue weighted by atomic mass is 16.1. The van der Waals surface area contributed by atoms with Crippen LogP contribution in [0.15, 0.2) is 12.7 Å². The van der Waals surface area contributed by atoms with E-state index >= 15 is 0 Å². The van der Waals surface area contributed by atoms with Gasteiger partial charge in [-0.25, -0.2) is 0 Å². The summed E-state index contributed by atoms with van der Waals surface area (Å²) in [6.07, 6.45) is 5.92. The second kappa shape index (κ2) is 3.70. The van der Waals surface area contributed by atoms with Crippen LogP contribution >= 0.6 is 0 Å². The first kappa shape index (κ1) is 8.51. The van der Waals surface area contributed by atoms with Crippen LogP contribution in [0.3, 0.4) is 0 Å². The maximum atomic E-state index is 11.3. The van der Waals surface area contributed by atoms with Crippen LogP contribution in [0.2, 0.25) is 0 Å². The van der Waals surface area contributed by atoms with Crippen molar-refractivity contribution in [2.45, 2.75) is 32.6 Å². The summed E-state index contributed by atoms with van der Waals surface area (Å²) >= 11 is 0. The Bertz CT molecular complexity index is 160. The van der Waals surface area contributed by atoms with Crippen LogP contribution in [0.5, 0.6) is 0 Å². The first-order chi connectivity index (χ1) is 5.27. The predicted octanol–water partition coefficient (Wildman–Crippen LogP) is 2.57. The van der Waals surface area contributed by atoms with Gasteiger partial charge in [0.2, 0.25) is 0 Å². The van der Waals surface area contributed by atoms with E-state index in [0.29, 0.717) is 17.6 Å². The molecular formula is C10H16O. The van der Waals surface area contributed by atoms with Gasteiger partial charge >= 0.3 is 0 Å². The molecule has 0 aromatic rings. The summed E-state index contributed by atoms with van der Waals surface area (Å²) in [4.78, 5) is 11.3. The molecule has 0 aromatic carbocycles. The topological polar surface area (TPSA) is 17.1 Å². The molecule has 2 atom stereocenters. The summed E-state index contributed by atoms with van der Waals surface area (Å²) in [5.74, 6) is 1.28. The summed E-state index contributed by atoms with van der Waals surface area (Å²) < 4.78 is 0. The lowest BCUT2D eigenvalue weighted by atomic mass is 10.00. The number of hydrogen-bond donors (Lipinski definition) is 0. The molecule has 11 heavy (non-hydrogen) atoms.